The zero-order chi connectivity index (χ0) is 22.5. The molecule has 4 rings (SSSR count). The van der Waals surface area contributed by atoms with Crippen molar-refractivity contribution in [2.24, 2.45) is 12.0 Å². The van der Waals surface area contributed by atoms with E-state index in [2.05, 4.69) is 88.3 Å². The molecule has 1 unspecified atom stereocenters. The van der Waals surface area contributed by atoms with Crippen LogP contribution >= 0.6 is 0 Å². The maximum atomic E-state index is 4.79. The number of hydrogen-bond donors (Lipinski definition) is 3. The number of aryl methyl sites for hydroxylation is 2. The van der Waals surface area contributed by atoms with Crippen molar-refractivity contribution in [3.63, 3.8) is 0 Å². The fraction of sp³-hybridized carbons (Fsp3) is 0.320. The van der Waals surface area contributed by atoms with Gasteiger partial charge in [0, 0.05) is 30.7 Å². The second kappa shape index (κ2) is 9.68. The van der Waals surface area contributed by atoms with Crippen LogP contribution in [0.4, 0.5) is 0 Å². The summed E-state index contributed by atoms with van der Waals surface area (Å²) in [6, 6.07) is 16.9. The van der Waals surface area contributed by atoms with Gasteiger partial charge in [-0.3, -0.25) is 0 Å². The standard InChI is InChI=1S/C25H31N7/c1-17-9-8-12-22-21(15-27-24(17)22)13-14-26-25(28-16-23-31-30-19(3)32(23)4)29-18(2)20-10-6-5-7-11-20/h5-12,15,18,27H,13-14,16H2,1-4H3,(H2,26,28,29). The van der Waals surface area contributed by atoms with Crippen LogP contribution in [0.1, 0.15) is 41.3 Å². The third-order valence-electron chi connectivity index (χ3n) is 5.91. The average Bonchev–Trinajstić information content (AvgIpc) is 3.36. The van der Waals surface area contributed by atoms with Gasteiger partial charge in [-0.1, -0.05) is 48.5 Å². The number of fused-ring (bicyclic) bond motifs is 1. The number of hydrogen-bond acceptors (Lipinski definition) is 3. The highest BCUT2D eigenvalue weighted by molar-refractivity contribution is 5.86. The fourth-order valence-corrected chi connectivity index (χ4v) is 3.81. The molecular formula is C25H31N7. The highest BCUT2D eigenvalue weighted by Crippen LogP contribution is 2.21. The summed E-state index contributed by atoms with van der Waals surface area (Å²) in [5.74, 6) is 2.48. The second-order valence-electron chi connectivity index (χ2n) is 8.15. The van der Waals surface area contributed by atoms with Gasteiger partial charge in [-0.25, -0.2) is 4.99 Å². The minimum absolute atomic E-state index is 0.124. The van der Waals surface area contributed by atoms with E-state index in [9.17, 15) is 0 Å². The molecule has 2 heterocycles. The number of rotatable bonds is 7. The van der Waals surface area contributed by atoms with E-state index in [1.54, 1.807) is 0 Å². The van der Waals surface area contributed by atoms with Gasteiger partial charge in [0.25, 0.3) is 0 Å². The summed E-state index contributed by atoms with van der Waals surface area (Å²) in [4.78, 5) is 8.20. The van der Waals surface area contributed by atoms with Crippen molar-refractivity contribution in [1.29, 1.82) is 0 Å². The number of H-pyrrole nitrogens is 1. The van der Waals surface area contributed by atoms with E-state index in [4.69, 9.17) is 4.99 Å². The first-order valence-electron chi connectivity index (χ1n) is 11.0. The molecule has 1 atom stereocenters. The lowest BCUT2D eigenvalue weighted by molar-refractivity contribution is 0.675. The van der Waals surface area contributed by atoms with Crippen LogP contribution in [0.5, 0.6) is 0 Å². The highest BCUT2D eigenvalue weighted by Gasteiger charge is 2.10. The van der Waals surface area contributed by atoms with Gasteiger partial charge in [0.2, 0.25) is 0 Å². The Morgan fingerprint density at radius 1 is 1.09 bits per heavy atom. The summed E-state index contributed by atoms with van der Waals surface area (Å²) >= 11 is 0. The van der Waals surface area contributed by atoms with E-state index in [0.29, 0.717) is 6.54 Å². The van der Waals surface area contributed by atoms with Gasteiger partial charge in [-0.05, 0) is 43.9 Å². The van der Waals surface area contributed by atoms with Gasteiger partial charge < -0.3 is 20.2 Å². The Morgan fingerprint density at radius 2 is 1.91 bits per heavy atom. The van der Waals surface area contributed by atoms with E-state index in [1.807, 2.05) is 24.6 Å². The van der Waals surface area contributed by atoms with Crippen molar-refractivity contribution in [2.75, 3.05) is 6.54 Å². The van der Waals surface area contributed by atoms with Crippen molar-refractivity contribution < 1.29 is 0 Å². The molecule has 0 aliphatic heterocycles. The first-order valence-corrected chi connectivity index (χ1v) is 11.0. The van der Waals surface area contributed by atoms with Gasteiger partial charge in [0.15, 0.2) is 11.8 Å². The van der Waals surface area contributed by atoms with Crippen LogP contribution in [0.25, 0.3) is 10.9 Å². The van der Waals surface area contributed by atoms with Gasteiger partial charge in [-0.15, -0.1) is 10.2 Å². The molecule has 2 aromatic heterocycles. The lowest BCUT2D eigenvalue weighted by Gasteiger charge is -2.19. The average molecular weight is 430 g/mol. The largest absolute Gasteiger partial charge is 0.361 e. The predicted octanol–water partition coefficient (Wildman–Crippen LogP) is 3.95. The highest BCUT2D eigenvalue weighted by atomic mass is 15.3. The Hall–Kier alpha value is -3.61. The maximum absolute atomic E-state index is 4.79. The van der Waals surface area contributed by atoms with Crippen molar-refractivity contribution in [3.05, 3.63) is 83.1 Å². The van der Waals surface area contributed by atoms with E-state index in [1.165, 1.54) is 27.6 Å². The van der Waals surface area contributed by atoms with Gasteiger partial charge in [0.05, 0.1) is 6.04 Å². The van der Waals surface area contributed by atoms with Crippen LogP contribution in [0.2, 0.25) is 0 Å². The molecule has 2 aromatic carbocycles. The number of aromatic nitrogens is 4. The molecule has 0 radical (unpaired) electrons. The number of nitrogens with zero attached hydrogens (tertiary/aromatic N) is 4. The van der Waals surface area contributed by atoms with E-state index < -0.39 is 0 Å². The fourth-order valence-electron chi connectivity index (χ4n) is 3.81. The van der Waals surface area contributed by atoms with Crippen molar-refractivity contribution >= 4 is 16.9 Å². The summed E-state index contributed by atoms with van der Waals surface area (Å²) in [7, 11) is 1.96. The maximum Gasteiger partial charge on any atom is 0.192 e. The molecule has 0 saturated heterocycles. The Morgan fingerprint density at radius 3 is 2.66 bits per heavy atom. The SMILES string of the molecule is Cc1cccc2c(CCNC(=NCc3nnc(C)n3C)NC(C)c3ccccc3)c[nH]c12. The van der Waals surface area contributed by atoms with E-state index in [-0.39, 0.29) is 6.04 Å². The summed E-state index contributed by atoms with van der Waals surface area (Å²) in [5, 5.41) is 16.7. The van der Waals surface area contributed by atoms with Crippen LogP contribution in [-0.2, 0) is 20.0 Å². The first-order chi connectivity index (χ1) is 15.5. The monoisotopic (exact) mass is 429 g/mol. The number of aliphatic imine (C=N–C) groups is 1. The molecule has 32 heavy (non-hydrogen) atoms. The number of nitrogens with one attached hydrogen (secondary N) is 3. The number of guanidine groups is 1. The molecule has 166 valence electrons. The lowest BCUT2D eigenvalue weighted by Crippen LogP contribution is -2.39. The molecule has 0 amide bonds. The van der Waals surface area contributed by atoms with E-state index in [0.717, 1.165) is 30.6 Å². The van der Waals surface area contributed by atoms with Crippen LogP contribution < -0.4 is 10.6 Å². The quantitative estimate of drug-likeness (QED) is 0.307. The number of aromatic amines is 1. The Labute approximate surface area is 189 Å². The van der Waals surface area contributed by atoms with Crippen molar-refractivity contribution in [1.82, 2.24) is 30.4 Å². The third-order valence-corrected chi connectivity index (χ3v) is 5.91. The summed E-state index contributed by atoms with van der Waals surface area (Å²) in [6.07, 6.45) is 3.01. The van der Waals surface area contributed by atoms with Gasteiger partial charge in [-0.2, -0.15) is 0 Å². The summed E-state index contributed by atoms with van der Waals surface area (Å²) in [5.41, 5.74) is 4.99. The smallest absolute Gasteiger partial charge is 0.192 e. The minimum Gasteiger partial charge on any atom is -0.361 e. The van der Waals surface area contributed by atoms with Crippen LogP contribution in [0.15, 0.2) is 59.7 Å². The topological polar surface area (TPSA) is 82.9 Å². The Balaban J connectivity index is 1.47. The molecule has 0 bridgehead atoms. The number of para-hydroxylation sites is 1. The molecule has 4 aromatic rings. The van der Waals surface area contributed by atoms with Gasteiger partial charge >= 0.3 is 0 Å². The predicted molar refractivity (Wildman–Crippen MR) is 130 cm³/mol. The second-order valence-corrected chi connectivity index (χ2v) is 8.15. The summed E-state index contributed by atoms with van der Waals surface area (Å²) in [6.45, 7) is 7.45. The summed E-state index contributed by atoms with van der Waals surface area (Å²) < 4.78 is 1.97. The minimum atomic E-state index is 0.124. The molecule has 0 aliphatic rings. The first kappa shape index (κ1) is 21.6. The molecule has 0 aliphatic carbocycles. The molecule has 7 heteroatoms. The zero-order valence-corrected chi connectivity index (χ0v) is 19.2. The van der Waals surface area contributed by atoms with Gasteiger partial charge in [0.1, 0.15) is 12.4 Å². The zero-order valence-electron chi connectivity index (χ0n) is 19.2. The molecular weight excluding hydrogens is 398 g/mol. The normalized spacial score (nSPS) is 12.8. The molecule has 7 nitrogen and oxygen atoms in total. The third kappa shape index (κ3) is 4.82. The van der Waals surface area contributed by atoms with Crippen LogP contribution in [0.3, 0.4) is 0 Å². The Bertz CT molecular complexity index is 1200. The van der Waals surface area contributed by atoms with Crippen LogP contribution in [0, 0.1) is 13.8 Å². The lowest BCUT2D eigenvalue weighted by atomic mass is 10.1. The number of benzene rings is 2. The van der Waals surface area contributed by atoms with E-state index >= 15 is 0 Å². The van der Waals surface area contributed by atoms with Crippen LogP contribution in [-0.4, -0.2) is 32.3 Å². The molecule has 0 spiro atoms. The molecule has 3 N–H and O–H groups in total. The molecule has 0 saturated carbocycles. The van der Waals surface area contributed by atoms with Crippen molar-refractivity contribution in [3.8, 4) is 0 Å². The molecule has 0 fully saturated rings. The Kier molecular flexibility index (Phi) is 6.54. The van der Waals surface area contributed by atoms with Crippen molar-refractivity contribution in [2.45, 2.75) is 39.8 Å².